The van der Waals surface area contributed by atoms with Crippen LogP contribution < -0.4 is 15.0 Å². The largest absolute Gasteiger partial charge is 0.486 e. The minimum atomic E-state index is -0.629. The molecule has 0 unspecified atom stereocenters. The van der Waals surface area contributed by atoms with Gasteiger partial charge in [-0.15, -0.1) is 0 Å². The highest BCUT2D eigenvalue weighted by atomic mass is 19.1. The van der Waals surface area contributed by atoms with Gasteiger partial charge in [-0.05, 0) is 57.8 Å². The summed E-state index contributed by atoms with van der Waals surface area (Å²) >= 11 is 0. The molecular weight excluding hydrogens is 450 g/mol. The maximum absolute atomic E-state index is 14.9. The summed E-state index contributed by atoms with van der Waals surface area (Å²) in [4.78, 5) is 15.9. The highest BCUT2D eigenvalue weighted by Gasteiger charge is 2.25. The Bertz CT molecular complexity index is 1380. The summed E-state index contributed by atoms with van der Waals surface area (Å²) in [6.07, 6.45) is 3.09. The lowest BCUT2D eigenvalue weighted by molar-refractivity contribution is 0.287. The van der Waals surface area contributed by atoms with Crippen molar-refractivity contribution in [1.29, 1.82) is 0 Å². The molecule has 7 nitrogen and oxygen atoms in total. The number of hydrogen-bond donors (Lipinski definition) is 2. The SMILES string of the molecule is CC(C)N1CCOc2c(F)cc(-c3nc(Nc4ccc5c(CN(C)C)c[nH]c5c4)ncc3F)cc21. The molecule has 0 spiro atoms. The predicted molar refractivity (Wildman–Crippen MR) is 134 cm³/mol. The highest BCUT2D eigenvalue weighted by molar-refractivity contribution is 5.86. The first-order chi connectivity index (χ1) is 16.8. The molecule has 0 saturated heterocycles. The molecular formula is C26H28F2N6O. The molecule has 0 aliphatic carbocycles. The van der Waals surface area contributed by atoms with Crippen LogP contribution in [0.1, 0.15) is 19.4 Å². The van der Waals surface area contributed by atoms with Gasteiger partial charge in [-0.25, -0.2) is 18.7 Å². The quantitative estimate of drug-likeness (QED) is 0.391. The fourth-order valence-electron chi connectivity index (χ4n) is 4.47. The van der Waals surface area contributed by atoms with Crippen molar-refractivity contribution in [3.8, 4) is 17.0 Å². The van der Waals surface area contributed by atoms with Crippen molar-refractivity contribution < 1.29 is 13.5 Å². The van der Waals surface area contributed by atoms with E-state index in [-0.39, 0.29) is 23.4 Å². The molecule has 0 amide bonds. The van der Waals surface area contributed by atoms with E-state index in [2.05, 4.69) is 25.2 Å². The number of anilines is 3. The van der Waals surface area contributed by atoms with Crippen molar-refractivity contribution in [2.24, 2.45) is 0 Å². The lowest BCUT2D eigenvalue weighted by atomic mass is 10.1. The Balaban J connectivity index is 1.47. The Hall–Kier alpha value is -3.72. The Morgan fingerprint density at radius 3 is 2.77 bits per heavy atom. The molecule has 1 aliphatic rings. The van der Waals surface area contributed by atoms with E-state index >= 15 is 0 Å². The summed E-state index contributed by atoms with van der Waals surface area (Å²) in [5, 5.41) is 4.27. The van der Waals surface area contributed by atoms with Gasteiger partial charge in [-0.1, -0.05) is 6.07 Å². The van der Waals surface area contributed by atoms with E-state index in [4.69, 9.17) is 4.74 Å². The monoisotopic (exact) mass is 478 g/mol. The van der Waals surface area contributed by atoms with E-state index in [1.54, 1.807) is 6.07 Å². The van der Waals surface area contributed by atoms with Crippen molar-refractivity contribution in [3.05, 3.63) is 59.9 Å². The Morgan fingerprint density at radius 2 is 2.00 bits per heavy atom. The smallest absolute Gasteiger partial charge is 0.227 e. The van der Waals surface area contributed by atoms with Gasteiger partial charge in [-0.2, -0.15) is 0 Å². The summed E-state index contributed by atoms with van der Waals surface area (Å²) in [6, 6.07) is 9.03. The van der Waals surface area contributed by atoms with Crippen LogP contribution in [0.4, 0.5) is 26.1 Å². The maximum Gasteiger partial charge on any atom is 0.227 e. The Labute approximate surface area is 202 Å². The van der Waals surface area contributed by atoms with Crippen LogP contribution in [0.3, 0.4) is 0 Å². The van der Waals surface area contributed by atoms with Crippen LogP contribution >= 0.6 is 0 Å². The number of aromatic amines is 1. The molecule has 2 N–H and O–H groups in total. The molecule has 1 aliphatic heterocycles. The van der Waals surface area contributed by atoms with Gasteiger partial charge in [-0.3, -0.25) is 0 Å². The molecule has 3 heterocycles. The molecule has 4 aromatic rings. The zero-order chi connectivity index (χ0) is 24.7. The van der Waals surface area contributed by atoms with E-state index in [9.17, 15) is 8.78 Å². The minimum Gasteiger partial charge on any atom is -0.486 e. The second kappa shape index (κ2) is 9.14. The van der Waals surface area contributed by atoms with Gasteiger partial charge in [0.25, 0.3) is 0 Å². The van der Waals surface area contributed by atoms with Crippen molar-refractivity contribution in [1.82, 2.24) is 19.9 Å². The first kappa shape index (κ1) is 23.0. The molecule has 35 heavy (non-hydrogen) atoms. The number of H-pyrrole nitrogens is 1. The van der Waals surface area contributed by atoms with E-state index in [0.717, 1.165) is 29.3 Å². The third-order valence-electron chi connectivity index (χ3n) is 6.06. The topological polar surface area (TPSA) is 69.3 Å². The Kier molecular flexibility index (Phi) is 6.02. The van der Waals surface area contributed by atoms with Crippen LogP contribution in [0.5, 0.6) is 5.75 Å². The Morgan fingerprint density at radius 1 is 1.17 bits per heavy atom. The number of ether oxygens (including phenoxy) is 1. The average molecular weight is 479 g/mol. The van der Waals surface area contributed by atoms with Gasteiger partial charge in [0.2, 0.25) is 5.95 Å². The summed E-state index contributed by atoms with van der Waals surface area (Å²) in [5.41, 5.74) is 3.87. The second-order valence-corrected chi connectivity index (χ2v) is 9.27. The van der Waals surface area contributed by atoms with Gasteiger partial charge in [0.15, 0.2) is 17.4 Å². The van der Waals surface area contributed by atoms with Crippen LogP contribution in [0, 0.1) is 11.6 Å². The molecule has 2 aromatic heterocycles. The average Bonchev–Trinajstić information content (AvgIpc) is 3.21. The van der Waals surface area contributed by atoms with Gasteiger partial charge in [0.1, 0.15) is 12.3 Å². The van der Waals surface area contributed by atoms with Crippen LogP contribution in [0.15, 0.2) is 42.7 Å². The highest BCUT2D eigenvalue weighted by Crippen LogP contribution is 2.39. The summed E-state index contributed by atoms with van der Waals surface area (Å²) < 4.78 is 35.3. The lowest BCUT2D eigenvalue weighted by Gasteiger charge is -2.34. The van der Waals surface area contributed by atoms with Crippen molar-refractivity contribution in [2.45, 2.75) is 26.4 Å². The van der Waals surface area contributed by atoms with E-state index < -0.39 is 11.6 Å². The second-order valence-electron chi connectivity index (χ2n) is 9.27. The van der Waals surface area contributed by atoms with E-state index in [0.29, 0.717) is 24.4 Å². The number of nitrogens with one attached hydrogen (secondary N) is 2. The van der Waals surface area contributed by atoms with Gasteiger partial charge < -0.3 is 24.8 Å². The van der Waals surface area contributed by atoms with Gasteiger partial charge >= 0.3 is 0 Å². The number of aromatic nitrogens is 3. The molecule has 182 valence electrons. The minimum absolute atomic E-state index is 0.0210. The third-order valence-corrected chi connectivity index (χ3v) is 6.06. The fraction of sp³-hybridized carbons (Fsp3) is 0.308. The first-order valence-corrected chi connectivity index (χ1v) is 11.6. The summed E-state index contributed by atoms with van der Waals surface area (Å²) in [6.45, 7) is 5.91. The summed E-state index contributed by atoms with van der Waals surface area (Å²) in [5.74, 6) is -0.762. The molecule has 2 aromatic carbocycles. The zero-order valence-corrected chi connectivity index (χ0v) is 20.2. The molecule has 0 atom stereocenters. The zero-order valence-electron chi connectivity index (χ0n) is 20.2. The molecule has 0 fully saturated rings. The molecule has 9 heteroatoms. The predicted octanol–water partition coefficient (Wildman–Crippen LogP) is 5.32. The van der Waals surface area contributed by atoms with Crippen LogP contribution in [-0.4, -0.2) is 53.1 Å². The third kappa shape index (κ3) is 4.51. The molecule has 5 rings (SSSR count). The standard InChI is InChI=1S/C26H28F2N6O/c1-15(2)34-7-8-35-25-20(27)9-16(10-23(25)34)24-21(28)13-30-26(32-24)31-18-5-6-19-17(14-33(3)4)12-29-22(19)11-18/h5-6,9-13,15,29H,7-8,14H2,1-4H3,(H,30,31,32). The van der Waals surface area contributed by atoms with Crippen LogP contribution in [-0.2, 0) is 6.54 Å². The maximum atomic E-state index is 14.9. The normalized spacial score (nSPS) is 13.4. The van der Waals surface area contributed by atoms with Crippen LogP contribution in [0.2, 0.25) is 0 Å². The molecule has 0 radical (unpaired) electrons. The lowest BCUT2D eigenvalue weighted by Crippen LogP contribution is -2.38. The van der Waals surface area contributed by atoms with Crippen molar-refractivity contribution in [3.63, 3.8) is 0 Å². The fourth-order valence-corrected chi connectivity index (χ4v) is 4.47. The van der Waals surface area contributed by atoms with Crippen molar-refractivity contribution >= 4 is 28.2 Å². The van der Waals surface area contributed by atoms with E-state index in [1.165, 1.54) is 11.6 Å². The first-order valence-electron chi connectivity index (χ1n) is 11.6. The number of fused-ring (bicyclic) bond motifs is 2. The molecule has 0 saturated carbocycles. The van der Waals surface area contributed by atoms with Gasteiger partial charge in [0.05, 0.1) is 18.4 Å². The molecule has 0 bridgehead atoms. The number of rotatable bonds is 6. The number of hydrogen-bond acceptors (Lipinski definition) is 6. The number of benzene rings is 2. The van der Waals surface area contributed by atoms with E-state index in [1.807, 2.05) is 57.2 Å². The van der Waals surface area contributed by atoms with Gasteiger partial charge in [0, 0.05) is 40.9 Å². The summed E-state index contributed by atoms with van der Waals surface area (Å²) in [7, 11) is 4.06. The van der Waals surface area contributed by atoms with Crippen molar-refractivity contribution in [2.75, 3.05) is 37.5 Å². The van der Waals surface area contributed by atoms with Crippen LogP contribution in [0.25, 0.3) is 22.2 Å². The number of halogens is 2. The number of nitrogens with zero attached hydrogens (tertiary/aromatic N) is 4.